The van der Waals surface area contributed by atoms with Gasteiger partial charge in [0, 0.05) is 23.5 Å². The highest BCUT2D eigenvalue weighted by atomic mass is 15.1. The lowest BCUT2D eigenvalue weighted by Crippen LogP contribution is -2.06. The summed E-state index contributed by atoms with van der Waals surface area (Å²) in [6.45, 7) is 0. The van der Waals surface area contributed by atoms with E-state index >= 15 is 0 Å². The topological polar surface area (TPSA) is 51.3 Å². The van der Waals surface area contributed by atoms with Gasteiger partial charge in [0.15, 0.2) is 0 Å². The minimum absolute atomic E-state index is 0.753. The highest BCUT2D eigenvalue weighted by Crippen LogP contribution is 2.08. The van der Waals surface area contributed by atoms with Crippen molar-refractivity contribution in [3.63, 3.8) is 0 Å². The highest BCUT2D eigenvalue weighted by Gasteiger charge is 2.05. The third-order valence-electron chi connectivity index (χ3n) is 2.11. The Morgan fingerprint density at radius 2 is 1.73 bits per heavy atom. The second kappa shape index (κ2) is 4.37. The lowest BCUT2D eigenvalue weighted by molar-refractivity contribution is 1.23. The quantitative estimate of drug-likeness (QED) is 0.453. The molecule has 2 aromatic rings. The van der Waals surface area contributed by atoms with E-state index in [1.54, 1.807) is 12.4 Å². The zero-order chi connectivity index (χ0) is 10.5. The highest BCUT2D eigenvalue weighted by molar-refractivity contribution is 6.12. The van der Waals surface area contributed by atoms with Crippen LogP contribution in [-0.2, 0) is 0 Å². The third-order valence-corrected chi connectivity index (χ3v) is 2.11. The van der Waals surface area contributed by atoms with Gasteiger partial charge < -0.3 is 5.84 Å². The summed E-state index contributed by atoms with van der Waals surface area (Å²) in [5.41, 5.74) is 2.67. The fourth-order valence-electron chi connectivity index (χ4n) is 1.41. The molecular weight excluding hydrogens is 186 g/mol. The van der Waals surface area contributed by atoms with Crippen LogP contribution in [0.3, 0.4) is 0 Å². The van der Waals surface area contributed by atoms with Crippen LogP contribution in [0.5, 0.6) is 0 Å². The Morgan fingerprint density at radius 1 is 1.00 bits per heavy atom. The van der Waals surface area contributed by atoms with Gasteiger partial charge >= 0.3 is 0 Å². The van der Waals surface area contributed by atoms with E-state index in [-0.39, 0.29) is 0 Å². The second-order valence-electron chi connectivity index (χ2n) is 3.09. The molecule has 0 amide bonds. The van der Waals surface area contributed by atoms with Crippen molar-refractivity contribution in [2.24, 2.45) is 10.9 Å². The van der Waals surface area contributed by atoms with Gasteiger partial charge in [-0.2, -0.15) is 5.10 Å². The van der Waals surface area contributed by atoms with Gasteiger partial charge in [-0.1, -0.05) is 30.3 Å². The first-order valence-corrected chi connectivity index (χ1v) is 4.65. The molecule has 1 aromatic carbocycles. The molecule has 0 saturated heterocycles. The summed E-state index contributed by atoms with van der Waals surface area (Å²) in [4.78, 5) is 4.04. The number of pyridine rings is 1. The maximum atomic E-state index is 5.40. The normalized spacial score (nSPS) is 11.3. The Bertz CT molecular complexity index is 407. The SMILES string of the molecule is NN=C(c1ccccc1)c1cccnc1. The van der Waals surface area contributed by atoms with Gasteiger partial charge in [0.25, 0.3) is 0 Å². The van der Waals surface area contributed by atoms with Crippen molar-refractivity contribution in [2.45, 2.75) is 0 Å². The zero-order valence-corrected chi connectivity index (χ0v) is 8.17. The van der Waals surface area contributed by atoms with Crippen LogP contribution < -0.4 is 5.84 Å². The summed E-state index contributed by atoms with van der Waals surface area (Å²) in [6.07, 6.45) is 3.47. The van der Waals surface area contributed by atoms with E-state index in [1.807, 2.05) is 42.5 Å². The summed E-state index contributed by atoms with van der Waals surface area (Å²) >= 11 is 0. The maximum absolute atomic E-state index is 5.40. The Labute approximate surface area is 88.3 Å². The molecule has 1 heterocycles. The van der Waals surface area contributed by atoms with Crippen LogP contribution in [0.1, 0.15) is 11.1 Å². The van der Waals surface area contributed by atoms with E-state index in [9.17, 15) is 0 Å². The molecular formula is C12H11N3. The predicted molar refractivity (Wildman–Crippen MR) is 60.5 cm³/mol. The number of benzene rings is 1. The summed E-state index contributed by atoms with van der Waals surface area (Å²) in [6, 6.07) is 13.6. The summed E-state index contributed by atoms with van der Waals surface area (Å²) < 4.78 is 0. The molecule has 0 aliphatic rings. The summed E-state index contributed by atoms with van der Waals surface area (Å²) in [7, 11) is 0. The molecule has 74 valence electrons. The number of aromatic nitrogens is 1. The number of nitrogens with two attached hydrogens (primary N) is 1. The van der Waals surface area contributed by atoms with Crippen molar-refractivity contribution in [1.82, 2.24) is 4.98 Å². The largest absolute Gasteiger partial charge is 0.323 e. The van der Waals surface area contributed by atoms with E-state index in [1.165, 1.54) is 0 Å². The molecule has 0 aliphatic heterocycles. The van der Waals surface area contributed by atoms with Gasteiger partial charge in [0.2, 0.25) is 0 Å². The fraction of sp³-hybridized carbons (Fsp3) is 0. The van der Waals surface area contributed by atoms with Crippen LogP contribution in [0, 0.1) is 0 Å². The van der Waals surface area contributed by atoms with Crippen molar-refractivity contribution >= 4 is 5.71 Å². The summed E-state index contributed by atoms with van der Waals surface area (Å²) in [5.74, 6) is 5.40. The molecule has 0 bridgehead atoms. The Kier molecular flexibility index (Phi) is 2.74. The van der Waals surface area contributed by atoms with Crippen LogP contribution in [-0.4, -0.2) is 10.7 Å². The number of hydrogen-bond donors (Lipinski definition) is 1. The predicted octanol–water partition coefficient (Wildman–Crippen LogP) is 1.79. The number of hydrazone groups is 1. The molecule has 0 saturated carbocycles. The van der Waals surface area contributed by atoms with Crippen molar-refractivity contribution < 1.29 is 0 Å². The van der Waals surface area contributed by atoms with Crippen LogP contribution >= 0.6 is 0 Å². The van der Waals surface area contributed by atoms with Crippen LogP contribution in [0.4, 0.5) is 0 Å². The van der Waals surface area contributed by atoms with Crippen LogP contribution in [0.25, 0.3) is 0 Å². The standard InChI is InChI=1S/C12H11N3/c13-15-12(10-5-2-1-3-6-10)11-7-4-8-14-9-11/h1-9H,13H2. The average Bonchev–Trinajstić information content (AvgIpc) is 2.33. The smallest absolute Gasteiger partial charge is 0.0986 e. The summed E-state index contributed by atoms with van der Waals surface area (Å²) in [5, 5.41) is 3.81. The van der Waals surface area contributed by atoms with E-state index in [2.05, 4.69) is 10.1 Å². The van der Waals surface area contributed by atoms with Gasteiger partial charge in [0.1, 0.15) is 0 Å². The number of hydrogen-bond acceptors (Lipinski definition) is 3. The Morgan fingerprint density at radius 3 is 2.33 bits per heavy atom. The fourth-order valence-corrected chi connectivity index (χ4v) is 1.41. The molecule has 2 N–H and O–H groups in total. The van der Waals surface area contributed by atoms with Gasteiger partial charge in [-0.15, -0.1) is 0 Å². The minimum atomic E-state index is 0.753. The van der Waals surface area contributed by atoms with Crippen molar-refractivity contribution in [3.8, 4) is 0 Å². The first-order valence-electron chi connectivity index (χ1n) is 4.65. The first-order chi connectivity index (χ1) is 7.42. The molecule has 0 atom stereocenters. The number of nitrogens with zero attached hydrogens (tertiary/aromatic N) is 2. The van der Waals surface area contributed by atoms with Crippen molar-refractivity contribution in [1.29, 1.82) is 0 Å². The lowest BCUT2D eigenvalue weighted by Gasteiger charge is -2.04. The molecule has 3 heteroatoms. The minimum Gasteiger partial charge on any atom is -0.323 e. The molecule has 0 radical (unpaired) electrons. The van der Waals surface area contributed by atoms with Gasteiger partial charge in [-0.05, 0) is 12.1 Å². The van der Waals surface area contributed by atoms with Crippen LogP contribution in [0.15, 0.2) is 60.0 Å². The van der Waals surface area contributed by atoms with Crippen molar-refractivity contribution in [2.75, 3.05) is 0 Å². The third kappa shape index (κ3) is 2.02. The number of rotatable bonds is 2. The van der Waals surface area contributed by atoms with Gasteiger partial charge in [-0.3, -0.25) is 4.98 Å². The van der Waals surface area contributed by atoms with Gasteiger partial charge in [0.05, 0.1) is 5.71 Å². The molecule has 0 fully saturated rings. The van der Waals surface area contributed by atoms with Gasteiger partial charge in [-0.25, -0.2) is 0 Å². The van der Waals surface area contributed by atoms with E-state index in [0.717, 1.165) is 16.8 Å². The Balaban J connectivity index is 2.44. The molecule has 0 spiro atoms. The van der Waals surface area contributed by atoms with E-state index in [4.69, 9.17) is 5.84 Å². The Hall–Kier alpha value is -2.16. The van der Waals surface area contributed by atoms with Crippen molar-refractivity contribution in [3.05, 3.63) is 66.0 Å². The molecule has 0 unspecified atom stereocenters. The lowest BCUT2D eigenvalue weighted by atomic mass is 10.0. The molecule has 15 heavy (non-hydrogen) atoms. The second-order valence-corrected chi connectivity index (χ2v) is 3.09. The zero-order valence-electron chi connectivity index (χ0n) is 8.17. The molecule has 1 aromatic heterocycles. The monoisotopic (exact) mass is 197 g/mol. The molecule has 3 nitrogen and oxygen atoms in total. The van der Waals surface area contributed by atoms with E-state index in [0.29, 0.717) is 0 Å². The molecule has 2 rings (SSSR count). The van der Waals surface area contributed by atoms with E-state index < -0.39 is 0 Å². The molecule has 0 aliphatic carbocycles. The maximum Gasteiger partial charge on any atom is 0.0986 e. The van der Waals surface area contributed by atoms with Crippen LogP contribution in [0.2, 0.25) is 0 Å². The first kappa shape index (κ1) is 9.40. The average molecular weight is 197 g/mol.